The fourth-order valence-corrected chi connectivity index (χ4v) is 2.32. The van der Waals surface area contributed by atoms with Gasteiger partial charge in [-0.1, -0.05) is 12.1 Å². The molecule has 0 aliphatic carbocycles. The van der Waals surface area contributed by atoms with E-state index in [1.165, 1.54) is 0 Å². The highest BCUT2D eigenvalue weighted by Gasteiger charge is 2.11. The number of ether oxygens (including phenoxy) is 2. The maximum Gasteiger partial charge on any atom is 0.325 e. The normalized spacial score (nSPS) is 9.79. The van der Waals surface area contributed by atoms with Gasteiger partial charge in [-0.05, 0) is 48.9 Å². The second kappa shape index (κ2) is 11.1. The zero-order chi connectivity index (χ0) is 21.1. The molecule has 0 aromatic heterocycles. The van der Waals surface area contributed by atoms with Crippen molar-refractivity contribution in [3.05, 3.63) is 59.7 Å². The van der Waals surface area contributed by atoms with Gasteiger partial charge >= 0.3 is 5.97 Å². The van der Waals surface area contributed by atoms with E-state index in [0.29, 0.717) is 23.6 Å². The maximum atomic E-state index is 12.0. The number of rotatable bonds is 9. The van der Waals surface area contributed by atoms with Gasteiger partial charge in [0.15, 0.2) is 6.61 Å². The molecule has 2 aromatic rings. The number of benzene rings is 2. The lowest BCUT2D eigenvalue weighted by atomic mass is 10.1. The van der Waals surface area contributed by atoms with Crippen molar-refractivity contribution in [1.29, 1.82) is 5.26 Å². The summed E-state index contributed by atoms with van der Waals surface area (Å²) in [6.07, 6.45) is 0.286. The third-order valence-corrected chi connectivity index (χ3v) is 3.71. The van der Waals surface area contributed by atoms with Crippen LogP contribution in [0.3, 0.4) is 0 Å². The first-order valence-electron chi connectivity index (χ1n) is 8.94. The van der Waals surface area contributed by atoms with Crippen LogP contribution in [0.4, 0.5) is 5.69 Å². The van der Waals surface area contributed by atoms with E-state index in [4.69, 9.17) is 14.7 Å². The molecule has 2 amide bonds. The second-order valence-corrected chi connectivity index (χ2v) is 5.88. The van der Waals surface area contributed by atoms with Crippen LogP contribution in [-0.4, -0.2) is 37.5 Å². The summed E-state index contributed by atoms with van der Waals surface area (Å²) in [5.74, 6) is -1.03. The summed E-state index contributed by atoms with van der Waals surface area (Å²) in [6.45, 7) is 1.55. The molecular formula is C21H21N3O5. The molecule has 2 aromatic carbocycles. The van der Waals surface area contributed by atoms with E-state index >= 15 is 0 Å². The second-order valence-electron chi connectivity index (χ2n) is 5.88. The Morgan fingerprint density at radius 1 is 1.03 bits per heavy atom. The molecule has 0 radical (unpaired) electrons. The Bertz CT molecular complexity index is 886. The summed E-state index contributed by atoms with van der Waals surface area (Å²) < 4.78 is 10.1. The van der Waals surface area contributed by atoms with Crippen molar-refractivity contribution in [1.82, 2.24) is 5.32 Å². The van der Waals surface area contributed by atoms with Crippen LogP contribution in [0.2, 0.25) is 0 Å². The van der Waals surface area contributed by atoms with E-state index in [1.807, 2.05) is 13.0 Å². The summed E-state index contributed by atoms with van der Waals surface area (Å²) in [4.78, 5) is 35.6. The van der Waals surface area contributed by atoms with Crippen molar-refractivity contribution in [2.75, 3.05) is 25.1 Å². The van der Waals surface area contributed by atoms with Gasteiger partial charge in [-0.25, -0.2) is 0 Å². The van der Waals surface area contributed by atoms with Crippen molar-refractivity contribution in [2.24, 2.45) is 0 Å². The number of hydrogen-bond acceptors (Lipinski definition) is 6. The Hall–Kier alpha value is -3.86. The topological polar surface area (TPSA) is 118 Å². The number of amides is 2. The molecule has 8 heteroatoms. The number of esters is 1. The van der Waals surface area contributed by atoms with Gasteiger partial charge in [0.25, 0.3) is 11.8 Å². The first-order valence-corrected chi connectivity index (χ1v) is 8.94. The number of nitrogens with zero attached hydrogens (tertiary/aromatic N) is 1. The van der Waals surface area contributed by atoms with Crippen LogP contribution in [0.1, 0.15) is 22.8 Å². The molecule has 0 fully saturated rings. The maximum absolute atomic E-state index is 12.0. The average Bonchev–Trinajstić information content (AvgIpc) is 2.73. The van der Waals surface area contributed by atoms with Crippen LogP contribution in [-0.2, 0) is 20.7 Å². The van der Waals surface area contributed by atoms with Crippen LogP contribution < -0.4 is 15.4 Å². The van der Waals surface area contributed by atoms with Gasteiger partial charge in [-0.2, -0.15) is 5.26 Å². The third kappa shape index (κ3) is 7.34. The zero-order valence-electron chi connectivity index (χ0n) is 15.9. The quantitative estimate of drug-likeness (QED) is 0.628. The minimum absolute atomic E-state index is 0.286. The smallest absolute Gasteiger partial charge is 0.325 e. The van der Waals surface area contributed by atoms with E-state index in [2.05, 4.69) is 10.6 Å². The highest BCUT2D eigenvalue weighted by Crippen LogP contribution is 2.12. The van der Waals surface area contributed by atoms with Crippen molar-refractivity contribution < 1.29 is 23.9 Å². The molecule has 0 aliphatic heterocycles. The highest BCUT2D eigenvalue weighted by molar-refractivity contribution is 5.96. The number of anilines is 1. The molecule has 0 atom stereocenters. The number of nitriles is 1. The van der Waals surface area contributed by atoms with E-state index in [9.17, 15) is 14.4 Å². The Morgan fingerprint density at radius 3 is 2.34 bits per heavy atom. The van der Waals surface area contributed by atoms with Gasteiger partial charge in [0.05, 0.1) is 19.1 Å². The summed E-state index contributed by atoms with van der Waals surface area (Å²) in [5, 5.41) is 13.6. The van der Waals surface area contributed by atoms with Crippen LogP contribution in [0.5, 0.6) is 5.75 Å². The predicted octanol–water partition coefficient (Wildman–Crippen LogP) is 2.06. The Balaban J connectivity index is 1.71. The fourth-order valence-electron chi connectivity index (χ4n) is 2.32. The number of carbonyl (C=O) groups is 3. The number of nitrogens with one attached hydrogen (secondary N) is 2. The Labute approximate surface area is 168 Å². The molecule has 0 aliphatic rings. The average molecular weight is 395 g/mol. The van der Waals surface area contributed by atoms with Crippen LogP contribution >= 0.6 is 0 Å². The molecule has 2 rings (SSSR count). The largest absolute Gasteiger partial charge is 0.494 e. The van der Waals surface area contributed by atoms with Gasteiger partial charge in [-0.3, -0.25) is 14.4 Å². The van der Waals surface area contributed by atoms with E-state index in [-0.39, 0.29) is 13.0 Å². The lowest BCUT2D eigenvalue weighted by molar-refractivity contribution is -0.146. The molecule has 0 unspecified atom stereocenters. The van der Waals surface area contributed by atoms with Gasteiger partial charge in [-0.15, -0.1) is 0 Å². The zero-order valence-corrected chi connectivity index (χ0v) is 15.9. The number of hydrogen-bond donors (Lipinski definition) is 2. The molecule has 0 heterocycles. The molecule has 2 N–H and O–H groups in total. The van der Waals surface area contributed by atoms with E-state index in [1.54, 1.807) is 48.5 Å². The molecule has 0 bridgehead atoms. The Kier molecular flexibility index (Phi) is 8.20. The predicted molar refractivity (Wildman–Crippen MR) is 105 cm³/mol. The Morgan fingerprint density at radius 2 is 1.72 bits per heavy atom. The number of carbonyl (C=O) groups excluding carboxylic acids is 3. The molecule has 29 heavy (non-hydrogen) atoms. The van der Waals surface area contributed by atoms with Crippen molar-refractivity contribution in [3.63, 3.8) is 0 Å². The van der Waals surface area contributed by atoms with Crippen molar-refractivity contribution >= 4 is 23.5 Å². The van der Waals surface area contributed by atoms with E-state index in [0.717, 1.165) is 5.56 Å². The lowest BCUT2D eigenvalue weighted by Gasteiger charge is -2.08. The molecule has 0 saturated carbocycles. The minimum atomic E-state index is -0.733. The standard InChI is InChI=1S/C21H21N3O5/c1-2-28-18-9-5-16(6-10-18)21(27)23-13-20(26)29-14-19(25)24-17-7-3-15(4-8-17)11-12-22/h3-10H,2,11,13-14H2,1H3,(H,23,27)(H,24,25). The van der Waals surface area contributed by atoms with Gasteiger partial charge in [0.2, 0.25) is 0 Å². The van der Waals surface area contributed by atoms with Gasteiger partial charge in [0.1, 0.15) is 12.3 Å². The van der Waals surface area contributed by atoms with Crippen molar-refractivity contribution in [3.8, 4) is 11.8 Å². The summed E-state index contributed by atoms with van der Waals surface area (Å²) in [6, 6.07) is 15.3. The van der Waals surface area contributed by atoms with Crippen molar-refractivity contribution in [2.45, 2.75) is 13.3 Å². The van der Waals surface area contributed by atoms with Crippen LogP contribution in [0.15, 0.2) is 48.5 Å². The fraction of sp³-hybridized carbons (Fsp3) is 0.238. The molecule has 0 saturated heterocycles. The summed E-state index contributed by atoms with van der Waals surface area (Å²) >= 11 is 0. The van der Waals surface area contributed by atoms with E-state index < -0.39 is 24.4 Å². The first-order chi connectivity index (χ1) is 14.0. The first kappa shape index (κ1) is 21.4. The molecule has 0 spiro atoms. The minimum Gasteiger partial charge on any atom is -0.494 e. The SMILES string of the molecule is CCOc1ccc(C(=O)NCC(=O)OCC(=O)Nc2ccc(CC#N)cc2)cc1. The van der Waals surface area contributed by atoms with Crippen LogP contribution in [0.25, 0.3) is 0 Å². The van der Waals surface area contributed by atoms with Crippen LogP contribution in [0, 0.1) is 11.3 Å². The van der Waals surface area contributed by atoms with Gasteiger partial charge < -0.3 is 20.1 Å². The monoisotopic (exact) mass is 395 g/mol. The lowest BCUT2D eigenvalue weighted by Crippen LogP contribution is -2.32. The van der Waals surface area contributed by atoms with Gasteiger partial charge in [0, 0.05) is 11.3 Å². The molecule has 8 nitrogen and oxygen atoms in total. The summed E-state index contributed by atoms with van der Waals surface area (Å²) in [5.41, 5.74) is 1.73. The highest BCUT2D eigenvalue weighted by atomic mass is 16.5. The molecule has 150 valence electrons. The third-order valence-electron chi connectivity index (χ3n) is 3.71. The molecular weight excluding hydrogens is 374 g/mol. The summed E-state index contributed by atoms with van der Waals surface area (Å²) in [7, 11) is 0.